The van der Waals surface area contributed by atoms with E-state index in [1.54, 1.807) is 0 Å². The predicted octanol–water partition coefficient (Wildman–Crippen LogP) is 2.27. The number of aliphatic hydroxyl groups excluding tert-OH is 1. The fourth-order valence-corrected chi connectivity index (χ4v) is 2.29. The molecular formula is C16H23N3O2. The van der Waals surface area contributed by atoms with E-state index in [0.29, 0.717) is 19.4 Å². The van der Waals surface area contributed by atoms with Gasteiger partial charge in [0.05, 0.1) is 5.71 Å². The number of nitrogens with zero attached hydrogens (tertiary/aromatic N) is 1. The molecule has 0 saturated heterocycles. The molecular weight excluding hydrogens is 266 g/mol. The lowest BCUT2D eigenvalue weighted by Gasteiger charge is -2.13. The van der Waals surface area contributed by atoms with E-state index in [-0.39, 0.29) is 5.91 Å². The molecule has 0 spiro atoms. The van der Waals surface area contributed by atoms with Crippen LogP contribution in [-0.4, -0.2) is 29.9 Å². The molecule has 0 bridgehead atoms. The third-order valence-electron chi connectivity index (χ3n) is 3.54. The summed E-state index contributed by atoms with van der Waals surface area (Å²) in [5, 5.41) is 16.2. The second-order valence-corrected chi connectivity index (χ2v) is 5.24. The molecule has 0 fully saturated rings. The van der Waals surface area contributed by atoms with Crippen molar-refractivity contribution in [3.05, 3.63) is 29.8 Å². The van der Waals surface area contributed by atoms with Crippen molar-refractivity contribution in [2.45, 2.75) is 38.5 Å². The molecule has 114 valence electrons. The highest BCUT2D eigenvalue weighted by molar-refractivity contribution is 6.04. The van der Waals surface area contributed by atoms with Gasteiger partial charge in [0.15, 0.2) is 0 Å². The van der Waals surface area contributed by atoms with Gasteiger partial charge in [0.1, 0.15) is 0 Å². The second-order valence-electron chi connectivity index (χ2n) is 5.24. The van der Waals surface area contributed by atoms with E-state index in [4.69, 9.17) is 5.11 Å². The maximum atomic E-state index is 11.1. The number of hydrogen-bond acceptors (Lipinski definition) is 4. The zero-order valence-electron chi connectivity index (χ0n) is 12.3. The van der Waals surface area contributed by atoms with Crippen LogP contribution in [0.5, 0.6) is 0 Å². The third-order valence-corrected chi connectivity index (χ3v) is 3.54. The van der Waals surface area contributed by atoms with Crippen LogP contribution in [0.1, 0.15) is 44.1 Å². The summed E-state index contributed by atoms with van der Waals surface area (Å²) in [5.74, 6) is -0.0155. The van der Waals surface area contributed by atoms with Crippen molar-refractivity contribution < 1.29 is 9.90 Å². The summed E-state index contributed by atoms with van der Waals surface area (Å²) in [6, 6.07) is 8.15. The van der Waals surface area contributed by atoms with Crippen LogP contribution in [0.3, 0.4) is 0 Å². The number of aliphatic hydroxyl groups is 1. The molecule has 5 nitrogen and oxygen atoms in total. The van der Waals surface area contributed by atoms with Gasteiger partial charge < -0.3 is 10.4 Å². The molecule has 1 heterocycles. The van der Waals surface area contributed by atoms with E-state index in [9.17, 15) is 4.79 Å². The van der Waals surface area contributed by atoms with Gasteiger partial charge in [-0.2, -0.15) is 5.10 Å². The van der Waals surface area contributed by atoms with E-state index < -0.39 is 0 Å². The summed E-state index contributed by atoms with van der Waals surface area (Å²) in [4.78, 5) is 11.1. The van der Waals surface area contributed by atoms with Crippen molar-refractivity contribution in [2.24, 2.45) is 5.10 Å². The average Bonchev–Trinajstić information content (AvgIpc) is 2.52. The molecule has 3 N–H and O–H groups in total. The molecule has 0 unspecified atom stereocenters. The molecule has 0 radical (unpaired) electrons. The Morgan fingerprint density at radius 1 is 1.10 bits per heavy atom. The fraction of sp³-hybridized carbons (Fsp3) is 0.500. The van der Waals surface area contributed by atoms with Crippen LogP contribution in [-0.2, 0) is 4.79 Å². The fourth-order valence-electron chi connectivity index (χ4n) is 2.29. The molecule has 1 aromatic carbocycles. The van der Waals surface area contributed by atoms with Crippen LogP contribution < -0.4 is 10.7 Å². The Kier molecular flexibility index (Phi) is 6.22. The van der Waals surface area contributed by atoms with Gasteiger partial charge in [-0.3, -0.25) is 4.79 Å². The van der Waals surface area contributed by atoms with Crippen molar-refractivity contribution in [2.75, 3.05) is 18.5 Å². The van der Waals surface area contributed by atoms with Crippen LogP contribution in [0.4, 0.5) is 5.69 Å². The highest BCUT2D eigenvalue weighted by atomic mass is 16.2. The topological polar surface area (TPSA) is 73.7 Å². The minimum atomic E-state index is -0.0155. The molecule has 1 aliphatic heterocycles. The molecule has 2 rings (SSSR count). The quantitative estimate of drug-likeness (QED) is 0.643. The van der Waals surface area contributed by atoms with Crippen LogP contribution in [0.15, 0.2) is 29.4 Å². The van der Waals surface area contributed by atoms with Crippen LogP contribution >= 0.6 is 0 Å². The third kappa shape index (κ3) is 5.19. The van der Waals surface area contributed by atoms with Gasteiger partial charge in [-0.1, -0.05) is 25.0 Å². The van der Waals surface area contributed by atoms with Crippen molar-refractivity contribution >= 4 is 17.3 Å². The van der Waals surface area contributed by atoms with Gasteiger partial charge in [0.25, 0.3) is 0 Å². The van der Waals surface area contributed by atoms with Gasteiger partial charge in [0.2, 0.25) is 5.91 Å². The standard InChI is InChI=1S/C16H23N3O2/c20-12-4-2-1-3-11-17-14-7-5-13(6-8-14)15-9-10-16(21)19-18-15/h5-8,17,20H,1-4,9-12H2,(H,19,21). The number of carbonyl (C=O) groups is 1. The largest absolute Gasteiger partial charge is 0.396 e. The Bertz CT molecular complexity index is 483. The van der Waals surface area contributed by atoms with E-state index in [2.05, 4.69) is 15.8 Å². The molecule has 1 amide bonds. The Morgan fingerprint density at radius 2 is 1.86 bits per heavy atom. The zero-order chi connectivity index (χ0) is 14.9. The van der Waals surface area contributed by atoms with Gasteiger partial charge in [-0.15, -0.1) is 0 Å². The first-order valence-electron chi connectivity index (χ1n) is 7.60. The van der Waals surface area contributed by atoms with Crippen molar-refractivity contribution in [3.8, 4) is 0 Å². The lowest BCUT2D eigenvalue weighted by Crippen LogP contribution is -2.25. The van der Waals surface area contributed by atoms with Crippen molar-refractivity contribution in [3.63, 3.8) is 0 Å². The summed E-state index contributed by atoms with van der Waals surface area (Å²) in [5.41, 5.74) is 5.61. The first-order valence-corrected chi connectivity index (χ1v) is 7.60. The zero-order valence-corrected chi connectivity index (χ0v) is 12.3. The van der Waals surface area contributed by atoms with E-state index in [1.807, 2.05) is 24.3 Å². The maximum absolute atomic E-state index is 11.1. The van der Waals surface area contributed by atoms with Crippen LogP contribution in [0, 0.1) is 0 Å². The number of anilines is 1. The van der Waals surface area contributed by atoms with E-state index >= 15 is 0 Å². The Balaban J connectivity index is 1.75. The maximum Gasteiger partial charge on any atom is 0.240 e. The Morgan fingerprint density at radius 3 is 2.52 bits per heavy atom. The summed E-state index contributed by atoms with van der Waals surface area (Å²) < 4.78 is 0. The number of carbonyl (C=O) groups excluding carboxylic acids is 1. The predicted molar refractivity (Wildman–Crippen MR) is 84.4 cm³/mol. The average molecular weight is 289 g/mol. The number of unbranched alkanes of at least 4 members (excludes halogenated alkanes) is 3. The summed E-state index contributed by atoms with van der Waals surface area (Å²) in [6.45, 7) is 1.24. The van der Waals surface area contributed by atoms with Gasteiger partial charge in [0, 0.05) is 31.7 Å². The summed E-state index contributed by atoms with van der Waals surface area (Å²) in [7, 11) is 0. The van der Waals surface area contributed by atoms with E-state index in [0.717, 1.165) is 49.2 Å². The lowest BCUT2D eigenvalue weighted by molar-refractivity contribution is -0.121. The number of amides is 1. The molecule has 0 aliphatic carbocycles. The Hall–Kier alpha value is -1.88. The number of hydrogen-bond donors (Lipinski definition) is 3. The van der Waals surface area contributed by atoms with E-state index in [1.165, 1.54) is 0 Å². The molecule has 0 atom stereocenters. The molecule has 1 aliphatic rings. The van der Waals surface area contributed by atoms with Gasteiger partial charge in [-0.25, -0.2) is 5.43 Å². The molecule has 5 heteroatoms. The number of hydrazone groups is 1. The van der Waals surface area contributed by atoms with Crippen molar-refractivity contribution in [1.82, 2.24) is 5.43 Å². The first kappa shape index (κ1) is 15.5. The first-order chi connectivity index (χ1) is 10.3. The smallest absolute Gasteiger partial charge is 0.240 e. The lowest BCUT2D eigenvalue weighted by atomic mass is 10.0. The monoisotopic (exact) mass is 289 g/mol. The minimum absolute atomic E-state index is 0.0155. The molecule has 21 heavy (non-hydrogen) atoms. The second kappa shape index (κ2) is 8.42. The highest BCUT2D eigenvalue weighted by Crippen LogP contribution is 2.14. The number of benzene rings is 1. The van der Waals surface area contributed by atoms with Crippen LogP contribution in [0.2, 0.25) is 0 Å². The summed E-state index contributed by atoms with van der Waals surface area (Å²) >= 11 is 0. The minimum Gasteiger partial charge on any atom is -0.396 e. The van der Waals surface area contributed by atoms with Crippen molar-refractivity contribution in [1.29, 1.82) is 0 Å². The van der Waals surface area contributed by atoms with Gasteiger partial charge >= 0.3 is 0 Å². The highest BCUT2D eigenvalue weighted by Gasteiger charge is 2.12. The Labute approximate surface area is 125 Å². The summed E-state index contributed by atoms with van der Waals surface area (Å²) in [6.07, 6.45) is 5.44. The van der Waals surface area contributed by atoms with Crippen LogP contribution in [0.25, 0.3) is 0 Å². The normalized spacial score (nSPS) is 14.5. The number of rotatable bonds is 8. The molecule has 1 aromatic rings. The number of nitrogens with one attached hydrogen (secondary N) is 2. The molecule has 0 saturated carbocycles. The van der Waals surface area contributed by atoms with Gasteiger partial charge in [-0.05, 0) is 30.5 Å². The molecule has 0 aromatic heterocycles. The SMILES string of the molecule is O=C1CCC(c2ccc(NCCCCCCO)cc2)=NN1.